The Morgan fingerprint density at radius 2 is 1.49 bits per heavy atom. The van der Waals surface area contributed by atoms with Crippen LogP contribution < -0.4 is 38.1 Å². The van der Waals surface area contributed by atoms with Gasteiger partial charge in [-0.2, -0.15) is 0 Å². The van der Waals surface area contributed by atoms with Gasteiger partial charge in [-0.05, 0) is 61.9 Å². The summed E-state index contributed by atoms with van der Waals surface area (Å²) in [4.78, 5) is 77.3. The number of amides is 6. The van der Waals surface area contributed by atoms with Gasteiger partial charge in [0.2, 0.25) is 35.4 Å². The van der Waals surface area contributed by atoms with Crippen LogP contribution >= 0.6 is 0 Å². The summed E-state index contributed by atoms with van der Waals surface area (Å²) in [5, 5.41) is 13.2. The number of benzene rings is 2. The second kappa shape index (κ2) is 16.3. The third kappa shape index (κ3) is 10.1. The van der Waals surface area contributed by atoms with Crippen LogP contribution in [0.5, 0.6) is 0 Å². The largest absolute Gasteiger partial charge is 0.368 e. The van der Waals surface area contributed by atoms with Crippen LogP contribution in [0.1, 0.15) is 51.2 Å². The normalized spacial score (nSPS) is 23.3. The zero-order valence-electron chi connectivity index (χ0n) is 25.9. The standard InChI is InChI=1S/C32H43N7O6/c1-18-29(42)38-25(13-6-7-14-33)31(44)35-19(2)30(43)39-26(28(34)41)16-21-9-8-11-22(15-21)24-12-5-4-10-23(24)17-27(32(45)36-18)37-20(3)40/h4-5,8-12,15,18-19,25-27H,6-7,13-14,16-17,33H2,1-3H3,(H2,34,41)(H,35,44)(H,36,45)(H,37,40)(H,38,42)(H,39,43)/t18-,19-,25-,26-,27-/m0/s1. The summed E-state index contributed by atoms with van der Waals surface area (Å²) < 4.78 is 0. The maximum atomic E-state index is 13.4. The molecule has 13 nitrogen and oxygen atoms in total. The number of carbonyl (C=O) groups excluding carboxylic acids is 6. The van der Waals surface area contributed by atoms with Crippen LogP contribution in [0.2, 0.25) is 0 Å². The molecule has 1 aliphatic rings. The lowest BCUT2D eigenvalue weighted by Gasteiger charge is -2.25. The van der Waals surface area contributed by atoms with Gasteiger partial charge in [0.05, 0.1) is 0 Å². The van der Waals surface area contributed by atoms with E-state index in [1.54, 1.807) is 12.1 Å². The van der Waals surface area contributed by atoms with Gasteiger partial charge in [0.15, 0.2) is 0 Å². The highest BCUT2D eigenvalue weighted by atomic mass is 16.2. The molecule has 2 aromatic carbocycles. The first-order valence-electron chi connectivity index (χ1n) is 15.0. The predicted octanol–water partition coefficient (Wildman–Crippen LogP) is -0.450. The summed E-state index contributed by atoms with van der Waals surface area (Å²) >= 11 is 0. The molecule has 0 unspecified atom stereocenters. The number of hydrogen-bond acceptors (Lipinski definition) is 7. The summed E-state index contributed by atoms with van der Waals surface area (Å²) in [5.41, 5.74) is 14.3. The lowest BCUT2D eigenvalue weighted by Crippen LogP contribution is -2.58. The highest BCUT2D eigenvalue weighted by Gasteiger charge is 2.30. The summed E-state index contributed by atoms with van der Waals surface area (Å²) in [7, 11) is 0. The van der Waals surface area contributed by atoms with Crippen molar-refractivity contribution in [1.29, 1.82) is 0 Å². The molecule has 0 radical (unpaired) electrons. The molecule has 2 aromatic rings. The lowest BCUT2D eigenvalue weighted by atomic mass is 9.92. The number of nitrogens with one attached hydrogen (secondary N) is 5. The second-order valence-corrected chi connectivity index (χ2v) is 11.3. The van der Waals surface area contributed by atoms with Crippen LogP contribution in [-0.4, -0.2) is 72.2 Å². The van der Waals surface area contributed by atoms with Gasteiger partial charge < -0.3 is 38.1 Å². The Morgan fingerprint density at radius 1 is 0.822 bits per heavy atom. The smallest absolute Gasteiger partial charge is 0.243 e. The van der Waals surface area contributed by atoms with Gasteiger partial charge in [-0.25, -0.2) is 0 Å². The highest BCUT2D eigenvalue weighted by molar-refractivity contribution is 5.96. The average molecular weight is 622 g/mol. The Hall–Kier alpha value is -4.78. The number of hydrogen-bond donors (Lipinski definition) is 7. The first-order chi connectivity index (χ1) is 21.4. The van der Waals surface area contributed by atoms with Gasteiger partial charge >= 0.3 is 0 Å². The predicted molar refractivity (Wildman–Crippen MR) is 168 cm³/mol. The molecular formula is C32H43N7O6. The minimum atomic E-state index is -1.07. The van der Waals surface area contributed by atoms with Crippen molar-refractivity contribution >= 4 is 35.4 Å². The molecule has 13 heteroatoms. The maximum Gasteiger partial charge on any atom is 0.243 e. The quantitative estimate of drug-likeness (QED) is 0.211. The summed E-state index contributed by atoms with van der Waals surface area (Å²) in [6.07, 6.45) is 1.55. The zero-order chi connectivity index (χ0) is 33.1. The number of nitrogens with two attached hydrogens (primary N) is 2. The van der Waals surface area contributed by atoms with Crippen LogP contribution in [0.25, 0.3) is 11.1 Å². The van der Waals surface area contributed by atoms with E-state index in [1.807, 2.05) is 36.4 Å². The van der Waals surface area contributed by atoms with Crippen LogP contribution in [0.4, 0.5) is 0 Å². The van der Waals surface area contributed by atoms with Crippen LogP contribution in [0.15, 0.2) is 48.5 Å². The molecule has 2 bridgehead atoms. The summed E-state index contributed by atoms with van der Waals surface area (Å²) in [6, 6.07) is 9.47. The summed E-state index contributed by atoms with van der Waals surface area (Å²) in [5.74, 6) is -3.63. The van der Waals surface area contributed by atoms with Crippen molar-refractivity contribution in [2.45, 2.75) is 83.1 Å². The van der Waals surface area contributed by atoms with E-state index < -0.39 is 65.7 Å². The Bertz CT molecular complexity index is 1410. The third-order valence-corrected chi connectivity index (χ3v) is 7.56. The van der Waals surface area contributed by atoms with Crippen molar-refractivity contribution in [2.75, 3.05) is 6.54 Å². The minimum absolute atomic E-state index is 0.0876. The SMILES string of the molecule is CC(=O)N[C@H]1Cc2ccccc2-c2cccc(c2)C[C@@H](C(N)=O)NC(=O)[C@H](C)NC(=O)[C@H](CCCCN)NC(=O)[C@H](C)NC1=O. The number of rotatable bonds is 6. The van der Waals surface area contributed by atoms with E-state index in [9.17, 15) is 28.8 Å². The van der Waals surface area contributed by atoms with E-state index in [4.69, 9.17) is 11.5 Å². The van der Waals surface area contributed by atoms with Crippen molar-refractivity contribution in [2.24, 2.45) is 11.5 Å². The Morgan fingerprint density at radius 3 is 2.16 bits per heavy atom. The number of primary amides is 1. The molecule has 0 fully saturated rings. The van der Waals surface area contributed by atoms with Crippen LogP contribution in [0.3, 0.4) is 0 Å². The van der Waals surface area contributed by atoms with Crippen molar-refractivity contribution < 1.29 is 28.8 Å². The van der Waals surface area contributed by atoms with E-state index in [-0.39, 0.29) is 19.3 Å². The van der Waals surface area contributed by atoms with Crippen molar-refractivity contribution in [3.8, 4) is 11.1 Å². The topological polar surface area (TPSA) is 215 Å². The molecule has 1 aliphatic heterocycles. The molecule has 1 heterocycles. The molecule has 0 aromatic heterocycles. The van der Waals surface area contributed by atoms with Crippen LogP contribution in [-0.2, 0) is 41.6 Å². The minimum Gasteiger partial charge on any atom is -0.368 e. The molecule has 242 valence electrons. The van der Waals surface area contributed by atoms with Gasteiger partial charge in [-0.1, -0.05) is 48.5 Å². The molecule has 0 saturated carbocycles. The number of unbranched alkanes of at least 4 members (excludes halogenated alkanes) is 1. The highest BCUT2D eigenvalue weighted by Crippen LogP contribution is 2.26. The summed E-state index contributed by atoms with van der Waals surface area (Å²) in [6.45, 7) is 4.62. The molecule has 0 saturated heterocycles. The molecule has 6 amide bonds. The molecule has 3 rings (SSSR count). The Kier molecular flexibility index (Phi) is 12.6. The van der Waals surface area contributed by atoms with Gasteiger partial charge in [-0.15, -0.1) is 0 Å². The molecule has 9 N–H and O–H groups in total. The first-order valence-corrected chi connectivity index (χ1v) is 15.0. The van der Waals surface area contributed by atoms with Crippen molar-refractivity contribution in [3.05, 3.63) is 59.7 Å². The lowest BCUT2D eigenvalue weighted by molar-refractivity contribution is -0.134. The Labute approximate surface area is 262 Å². The molecule has 45 heavy (non-hydrogen) atoms. The van der Waals surface area contributed by atoms with Crippen molar-refractivity contribution in [1.82, 2.24) is 26.6 Å². The van der Waals surface area contributed by atoms with E-state index in [2.05, 4.69) is 26.6 Å². The molecule has 0 aliphatic carbocycles. The average Bonchev–Trinajstić information content (AvgIpc) is 2.99. The number of carbonyl (C=O) groups is 6. The second-order valence-electron chi connectivity index (χ2n) is 11.3. The van der Waals surface area contributed by atoms with Gasteiger partial charge in [0, 0.05) is 19.8 Å². The van der Waals surface area contributed by atoms with E-state index in [1.165, 1.54) is 20.8 Å². The van der Waals surface area contributed by atoms with Crippen molar-refractivity contribution in [3.63, 3.8) is 0 Å². The number of fused-ring (bicyclic) bond motifs is 4. The molecule has 0 spiro atoms. The van der Waals surface area contributed by atoms with Crippen LogP contribution in [0, 0.1) is 0 Å². The monoisotopic (exact) mass is 621 g/mol. The van der Waals surface area contributed by atoms with Gasteiger partial charge in [0.1, 0.15) is 30.2 Å². The maximum absolute atomic E-state index is 13.4. The Balaban J connectivity index is 2.04. The fourth-order valence-corrected chi connectivity index (χ4v) is 5.09. The molecular weight excluding hydrogens is 578 g/mol. The van der Waals surface area contributed by atoms with Gasteiger partial charge in [0.25, 0.3) is 0 Å². The van der Waals surface area contributed by atoms with Gasteiger partial charge in [-0.3, -0.25) is 28.8 Å². The van der Waals surface area contributed by atoms with E-state index in [0.717, 1.165) is 16.7 Å². The van der Waals surface area contributed by atoms with E-state index >= 15 is 0 Å². The fraction of sp³-hybridized carbons (Fsp3) is 0.438. The van der Waals surface area contributed by atoms with E-state index in [0.29, 0.717) is 24.9 Å². The third-order valence-electron chi connectivity index (χ3n) is 7.56. The first kappa shape index (κ1) is 34.7. The fourth-order valence-electron chi connectivity index (χ4n) is 5.09. The molecule has 5 atom stereocenters. The zero-order valence-corrected chi connectivity index (χ0v) is 25.9.